The molecule has 2 aromatic carbocycles. The molecule has 2 aromatic rings. The molecule has 0 fully saturated rings. The molecule has 32 heavy (non-hydrogen) atoms. The molecule has 0 saturated heterocycles. The molecule has 1 aliphatic carbocycles. The van der Waals surface area contributed by atoms with E-state index in [0.29, 0.717) is 0 Å². The molecule has 0 heterocycles. The number of carboxylic acid groups (broad SMARTS) is 1. The Kier molecular flexibility index (Phi) is 7.51. The highest BCUT2D eigenvalue weighted by molar-refractivity contribution is 5.86. The second-order valence-corrected chi connectivity index (χ2v) is 8.64. The Morgan fingerprint density at radius 2 is 1.53 bits per heavy atom. The Morgan fingerprint density at radius 3 is 2.06 bits per heavy atom. The van der Waals surface area contributed by atoms with Gasteiger partial charge < -0.3 is 20.5 Å². The van der Waals surface area contributed by atoms with E-state index in [1.54, 1.807) is 6.92 Å². The molecule has 7 heteroatoms. The van der Waals surface area contributed by atoms with Crippen LogP contribution in [0.15, 0.2) is 48.5 Å². The maximum atomic E-state index is 12.6. The summed E-state index contributed by atoms with van der Waals surface area (Å²) in [6, 6.07) is 15.4. The van der Waals surface area contributed by atoms with E-state index in [-0.39, 0.29) is 43.2 Å². The maximum Gasteiger partial charge on any atom is 0.407 e. The number of carboxylic acids is 1. The summed E-state index contributed by atoms with van der Waals surface area (Å²) in [6.45, 7) is 5.80. The lowest BCUT2D eigenvalue weighted by molar-refractivity contribution is -0.138. The first-order valence-corrected chi connectivity index (χ1v) is 10.9. The molecule has 3 N–H and O–H groups in total. The predicted molar refractivity (Wildman–Crippen MR) is 121 cm³/mol. The fourth-order valence-corrected chi connectivity index (χ4v) is 4.06. The van der Waals surface area contributed by atoms with E-state index in [1.807, 2.05) is 50.2 Å². The van der Waals surface area contributed by atoms with Crippen molar-refractivity contribution >= 4 is 18.0 Å². The molecule has 3 rings (SSSR count). The SMILES string of the molecule is CC(CNC(=O)[C@H](NC(=O)OCC1c2ccccc2-c2ccccc21)C(C)C)CC(=O)O. The summed E-state index contributed by atoms with van der Waals surface area (Å²) in [7, 11) is 0. The standard InChI is InChI=1S/C25H30N2O5/c1-15(2)23(24(30)26-13-16(3)12-22(28)29)27-25(31)32-14-21-19-10-6-4-8-17(19)18-9-5-7-11-20(18)21/h4-11,15-16,21,23H,12-14H2,1-3H3,(H,26,30)(H,27,31)(H,28,29)/t16?,23-/m1/s1. The molecule has 0 spiro atoms. The van der Waals surface area contributed by atoms with Crippen LogP contribution in [0.25, 0.3) is 11.1 Å². The Balaban J connectivity index is 1.59. The van der Waals surface area contributed by atoms with Crippen molar-refractivity contribution in [2.24, 2.45) is 11.8 Å². The van der Waals surface area contributed by atoms with E-state index in [0.717, 1.165) is 22.3 Å². The first-order valence-electron chi connectivity index (χ1n) is 10.9. The molecule has 170 valence electrons. The van der Waals surface area contributed by atoms with Crippen LogP contribution in [0.2, 0.25) is 0 Å². The predicted octanol–water partition coefficient (Wildman–Crippen LogP) is 3.78. The lowest BCUT2D eigenvalue weighted by Crippen LogP contribution is -2.50. The van der Waals surface area contributed by atoms with Crippen LogP contribution in [0, 0.1) is 11.8 Å². The summed E-state index contributed by atoms with van der Waals surface area (Å²) in [5.41, 5.74) is 4.53. The number of hydrogen-bond acceptors (Lipinski definition) is 4. The molecule has 0 aliphatic heterocycles. The third kappa shape index (κ3) is 5.46. The highest BCUT2D eigenvalue weighted by atomic mass is 16.5. The number of rotatable bonds is 9. The number of carbonyl (C=O) groups is 3. The van der Waals surface area contributed by atoms with Crippen LogP contribution in [-0.4, -0.2) is 42.3 Å². The summed E-state index contributed by atoms with van der Waals surface area (Å²) in [6.07, 6.45) is -0.689. The summed E-state index contributed by atoms with van der Waals surface area (Å²) in [5, 5.41) is 14.2. The van der Waals surface area contributed by atoms with E-state index in [1.165, 1.54) is 0 Å². The molecule has 7 nitrogen and oxygen atoms in total. The minimum absolute atomic E-state index is 0.0353. The van der Waals surface area contributed by atoms with Crippen LogP contribution in [0.4, 0.5) is 4.79 Å². The number of alkyl carbamates (subject to hydrolysis) is 1. The number of carbonyl (C=O) groups excluding carboxylic acids is 2. The van der Waals surface area contributed by atoms with Gasteiger partial charge in [0.15, 0.2) is 0 Å². The van der Waals surface area contributed by atoms with Crippen molar-refractivity contribution in [1.82, 2.24) is 10.6 Å². The Morgan fingerprint density at radius 1 is 0.969 bits per heavy atom. The van der Waals surface area contributed by atoms with Gasteiger partial charge in [-0.15, -0.1) is 0 Å². The molecule has 2 amide bonds. The van der Waals surface area contributed by atoms with Crippen LogP contribution >= 0.6 is 0 Å². The second kappa shape index (κ2) is 10.3. The number of ether oxygens (including phenoxy) is 1. The molecular formula is C25H30N2O5. The smallest absolute Gasteiger partial charge is 0.407 e. The van der Waals surface area contributed by atoms with Gasteiger partial charge in [-0.25, -0.2) is 4.79 Å². The maximum absolute atomic E-state index is 12.6. The fourth-order valence-electron chi connectivity index (χ4n) is 4.06. The van der Waals surface area contributed by atoms with Gasteiger partial charge in [0.1, 0.15) is 12.6 Å². The van der Waals surface area contributed by atoms with E-state index in [9.17, 15) is 14.4 Å². The Hall–Kier alpha value is -3.35. The quantitative estimate of drug-likeness (QED) is 0.553. The average molecular weight is 439 g/mol. The minimum Gasteiger partial charge on any atom is -0.481 e. The van der Waals surface area contributed by atoms with Crippen molar-refractivity contribution < 1.29 is 24.2 Å². The van der Waals surface area contributed by atoms with Crippen LogP contribution < -0.4 is 10.6 Å². The number of benzene rings is 2. The summed E-state index contributed by atoms with van der Waals surface area (Å²) in [5.74, 6) is -1.70. The van der Waals surface area contributed by atoms with E-state index in [2.05, 4.69) is 22.8 Å². The number of amides is 2. The third-order valence-electron chi connectivity index (χ3n) is 5.71. The zero-order chi connectivity index (χ0) is 23.3. The topological polar surface area (TPSA) is 105 Å². The fraction of sp³-hybridized carbons (Fsp3) is 0.400. The summed E-state index contributed by atoms with van der Waals surface area (Å²) >= 11 is 0. The molecule has 0 bridgehead atoms. The van der Waals surface area contributed by atoms with Gasteiger partial charge in [0, 0.05) is 18.9 Å². The largest absolute Gasteiger partial charge is 0.481 e. The molecular weight excluding hydrogens is 408 g/mol. The summed E-state index contributed by atoms with van der Waals surface area (Å²) in [4.78, 5) is 35.9. The zero-order valence-electron chi connectivity index (χ0n) is 18.6. The first-order chi connectivity index (χ1) is 15.3. The number of fused-ring (bicyclic) bond motifs is 3. The van der Waals surface area contributed by atoms with Gasteiger partial charge in [-0.3, -0.25) is 9.59 Å². The van der Waals surface area contributed by atoms with Crippen molar-refractivity contribution in [3.8, 4) is 11.1 Å². The van der Waals surface area contributed by atoms with E-state index < -0.39 is 18.1 Å². The van der Waals surface area contributed by atoms with Crippen molar-refractivity contribution in [3.63, 3.8) is 0 Å². The molecule has 1 unspecified atom stereocenters. The highest BCUT2D eigenvalue weighted by Gasteiger charge is 2.30. The van der Waals surface area contributed by atoms with Gasteiger partial charge in [-0.05, 0) is 34.1 Å². The van der Waals surface area contributed by atoms with Gasteiger partial charge >= 0.3 is 12.1 Å². The number of aliphatic carboxylic acids is 1. The lowest BCUT2D eigenvalue weighted by Gasteiger charge is -2.23. The van der Waals surface area contributed by atoms with Crippen molar-refractivity contribution in [2.45, 2.75) is 39.2 Å². The molecule has 0 saturated carbocycles. The van der Waals surface area contributed by atoms with Gasteiger partial charge in [0.05, 0.1) is 0 Å². The van der Waals surface area contributed by atoms with Crippen molar-refractivity contribution in [2.75, 3.05) is 13.2 Å². The van der Waals surface area contributed by atoms with Crippen LogP contribution in [0.3, 0.4) is 0 Å². The second-order valence-electron chi connectivity index (χ2n) is 8.64. The normalized spacial score (nSPS) is 14.2. The molecule has 0 aromatic heterocycles. The minimum atomic E-state index is -0.913. The highest BCUT2D eigenvalue weighted by Crippen LogP contribution is 2.44. The number of hydrogen-bond donors (Lipinski definition) is 3. The third-order valence-corrected chi connectivity index (χ3v) is 5.71. The zero-order valence-corrected chi connectivity index (χ0v) is 18.6. The van der Waals surface area contributed by atoms with E-state index >= 15 is 0 Å². The van der Waals surface area contributed by atoms with Crippen LogP contribution in [-0.2, 0) is 14.3 Å². The van der Waals surface area contributed by atoms with Gasteiger partial charge in [0.2, 0.25) is 5.91 Å². The Labute approximate surface area is 188 Å². The van der Waals surface area contributed by atoms with Gasteiger partial charge in [0.25, 0.3) is 0 Å². The van der Waals surface area contributed by atoms with Crippen molar-refractivity contribution in [1.29, 1.82) is 0 Å². The lowest BCUT2D eigenvalue weighted by atomic mass is 9.98. The Bertz CT molecular complexity index is 942. The molecule has 1 aliphatic rings. The monoisotopic (exact) mass is 438 g/mol. The number of nitrogens with one attached hydrogen (secondary N) is 2. The van der Waals surface area contributed by atoms with Gasteiger partial charge in [-0.1, -0.05) is 69.3 Å². The summed E-state index contributed by atoms with van der Waals surface area (Å²) < 4.78 is 5.54. The molecule has 2 atom stereocenters. The first kappa shape index (κ1) is 23.3. The van der Waals surface area contributed by atoms with E-state index in [4.69, 9.17) is 9.84 Å². The van der Waals surface area contributed by atoms with Crippen LogP contribution in [0.1, 0.15) is 44.2 Å². The average Bonchev–Trinajstić information content (AvgIpc) is 3.07. The molecule has 0 radical (unpaired) electrons. The van der Waals surface area contributed by atoms with Crippen LogP contribution in [0.5, 0.6) is 0 Å². The van der Waals surface area contributed by atoms with Crippen molar-refractivity contribution in [3.05, 3.63) is 59.7 Å². The van der Waals surface area contributed by atoms with Gasteiger partial charge in [-0.2, -0.15) is 0 Å².